The van der Waals surface area contributed by atoms with Gasteiger partial charge in [0, 0.05) is 7.05 Å². The molecule has 0 unspecified atom stereocenters. The molecule has 0 aromatic rings. The molecule has 0 heterocycles. The van der Waals surface area contributed by atoms with Crippen LogP contribution < -0.4 is 0 Å². The summed E-state index contributed by atoms with van der Waals surface area (Å²) in [6.45, 7) is 3.47. The first-order valence-electron chi connectivity index (χ1n) is 1.59. The Kier molecular flexibility index (Phi) is 4.57. The molecule has 0 aliphatic carbocycles. The predicted molar refractivity (Wildman–Crippen MR) is 32.2 cm³/mol. The molecule has 0 spiro atoms. The van der Waals surface area contributed by atoms with Crippen LogP contribution in [0, 0.1) is 0 Å². The van der Waals surface area contributed by atoms with E-state index in [1.54, 1.807) is 18.0 Å². The Morgan fingerprint density at radius 2 is 2.50 bits per heavy atom. The minimum atomic E-state index is 1.48. The second kappa shape index (κ2) is 4.76. The van der Waals surface area contributed by atoms with E-state index in [0.717, 1.165) is 0 Å². The van der Waals surface area contributed by atoms with Crippen molar-refractivity contribution in [1.29, 1.82) is 0 Å². The molecule has 6 heavy (non-hydrogen) atoms. The van der Waals surface area contributed by atoms with Crippen LogP contribution in [-0.2, 0) is 0 Å². The highest BCUT2D eigenvalue weighted by atomic mass is 32.2. The highest BCUT2D eigenvalue weighted by molar-refractivity contribution is 8.14. The van der Waals surface area contributed by atoms with Crippen LogP contribution in [0.5, 0.6) is 0 Å². The van der Waals surface area contributed by atoms with E-state index in [4.69, 9.17) is 0 Å². The Hall–Kier alpha value is -0.240. The first-order chi connectivity index (χ1) is 2.91. The van der Waals surface area contributed by atoms with E-state index in [1.807, 2.05) is 0 Å². The molecule has 0 radical (unpaired) electrons. The van der Waals surface area contributed by atoms with Crippen LogP contribution in [0.2, 0.25) is 0 Å². The van der Waals surface area contributed by atoms with Gasteiger partial charge in [-0.1, -0.05) is 18.3 Å². The summed E-state index contributed by atoms with van der Waals surface area (Å²) in [5, 5.41) is 1.73. The van der Waals surface area contributed by atoms with Gasteiger partial charge in [-0.05, 0) is 5.41 Å². The van der Waals surface area contributed by atoms with Crippen molar-refractivity contribution in [1.82, 2.24) is 0 Å². The van der Waals surface area contributed by atoms with E-state index in [2.05, 4.69) is 11.6 Å². The maximum atomic E-state index is 3.69. The fourth-order valence-electron chi connectivity index (χ4n) is 0.104. The standard InChI is InChI=1S/C4H7NS/c1-3-6-4-5-2/h3-4H,1H2,2H3/b5-4-. The van der Waals surface area contributed by atoms with Crippen LogP contribution in [0.15, 0.2) is 17.0 Å². The van der Waals surface area contributed by atoms with Gasteiger partial charge < -0.3 is 0 Å². The molecule has 2 heteroatoms. The van der Waals surface area contributed by atoms with E-state index in [1.165, 1.54) is 11.8 Å². The van der Waals surface area contributed by atoms with Gasteiger partial charge in [0.05, 0.1) is 5.55 Å². The number of nitrogens with zero attached hydrogens (tertiary/aromatic N) is 1. The lowest BCUT2D eigenvalue weighted by Gasteiger charge is -1.70. The van der Waals surface area contributed by atoms with Crippen molar-refractivity contribution < 1.29 is 0 Å². The van der Waals surface area contributed by atoms with Crippen LogP contribution in [0.1, 0.15) is 0 Å². The van der Waals surface area contributed by atoms with Crippen LogP contribution >= 0.6 is 11.8 Å². The van der Waals surface area contributed by atoms with Crippen LogP contribution in [0.4, 0.5) is 0 Å². The largest absolute Gasteiger partial charge is 0.289 e. The lowest BCUT2D eigenvalue weighted by molar-refractivity contribution is 1.49. The van der Waals surface area contributed by atoms with Gasteiger partial charge in [-0.15, -0.1) is 0 Å². The van der Waals surface area contributed by atoms with Crippen LogP contribution in [0.25, 0.3) is 0 Å². The second-order valence-electron chi connectivity index (χ2n) is 0.666. The maximum Gasteiger partial charge on any atom is 0.0579 e. The molecule has 0 bridgehead atoms. The number of aliphatic imine (C=N–C) groups is 1. The third-order valence-corrected chi connectivity index (χ3v) is 0.787. The normalized spacial score (nSPS) is 9.50. The molecule has 0 atom stereocenters. The lowest BCUT2D eigenvalue weighted by Crippen LogP contribution is -1.51. The Balaban J connectivity index is 2.85. The van der Waals surface area contributed by atoms with Crippen molar-refractivity contribution in [2.24, 2.45) is 4.99 Å². The molecule has 0 aromatic heterocycles. The smallest absolute Gasteiger partial charge is 0.0579 e. The quantitative estimate of drug-likeness (QED) is 0.379. The summed E-state index contributed by atoms with van der Waals surface area (Å²) in [6, 6.07) is 0. The first kappa shape index (κ1) is 5.76. The zero-order valence-corrected chi connectivity index (χ0v) is 4.53. The van der Waals surface area contributed by atoms with Gasteiger partial charge >= 0.3 is 0 Å². The molecule has 0 aliphatic heterocycles. The lowest BCUT2D eigenvalue weighted by atomic mass is 11.3. The van der Waals surface area contributed by atoms with Crippen molar-refractivity contribution in [3.8, 4) is 0 Å². The average molecular weight is 101 g/mol. The fraction of sp³-hybridized carbons (Fsp3) is 0.250. The average Bonchev–Trinajstić information content (AvgIpc) is 1.61. The van der Waals surface area contributed by atoms with Gasteiger partial charge in [0.15, 0.2) is 0 Å². The zero-order valence-electron chi connectivity index (χ0n) is 3.72. The summed E-state index contributed by atoms with van der Waals surface area (Å²) in [5.74, 6) is 0. The van der Waals surface area contributed by atoms with Crippen molar-refractivity contribution in [2.75, 3.05) is 7.05 Å². The van der Waals surface area contributed by atoms with E-state index in [9.17, 15) is 0 Å². The topological polar surface area (TPSA) is 12.4 Å². The molecule has 0 amide bonds. The second-order valence-corrected chi connectivity index (χ2v) is 1.48. The number of thioether (sulfide) groups is 1. The summed E-state index contributed by atoms with van der Waals surface area (Å²) in [6.07, 6.45) is 0. The zero-order chi connectivity index (χ0) is 4.83. The maximum absolute atomic E-state index is 3.69. The number of hydrogen-bond donors (Lipinski definition) is 0. The Bertz CT molecular complexity index is 58.6. The highest BCUT2D eigenvalue weighted by Crippen LogP contribution is 1.90. The molecule has 0 N–H and O–H groups in total. The molecule has 34 valence electrons. The molecule has 0 rings (SSSR count). The van der Waals surface area contributed by atoms with Gasteiger partial charge in [0.25, 0.3) is 0 Å². The predicted octanol–water partition coefficient (Wildman–Crippen LogP) is 1.52. The molecule has 0 saturated carbocycles. The number of hydrogen-bond acceptors (Lipinski definition) is 2. The van der Waals surface area contributed by atoms with Crippen molar-refractivity contribution in [2.45, 2.75) is 0 Å². The monoisotopic (exact) mass is 101 g/mol. The van der Waals surface area contributed by atoms with Crippen LogP contribution in [0.3, 0.4) is 0 Å². The van der Waals surface area contributed by atoms with Crippen LogP contribution in [-0.4, -0.2) is 12.6 Å². The van der Waals surface area contributed by atoms with Crippen molar-refractivity contribution >= 4 is 17.3 Å². The van der Waals surface area contributed by atoms with E-state index in [0.29, 0.717) is 0 Å². The Morgan fingerprint density at radius 3 is 2.67 bits per heavy atom. The first-order valence-corrected chi connectivity index (χ1v) is 2.53. The summed E-state index contributed by atoms with van der Waals surface area (Å²) in [5.41, 5.74) is 1.73. The number of rotatable bonds is 2. The third kappa shape index (κ3) is 3.76. The SMILES string of the molecule is C=CS/C=N\C. The summed E-state index contributed by atoms with van der Waals surface area (Å²) >= 11 is 1.48. The fourth-order valence-corrected chi connectivity index (χ4v) is 0.312. The van der Waals surface area contributed by atoms with Gasteiger partial charge in [-0.3, -0.25) is 4.99 Å². The van der Waals surface area contributed by atoms with E-state index in [-0.39, 0.29) is 0 Å². The van der Waals surface area contributed by atoms with Gasteiger partial charge in [-0.25, -0.2) is 0 Å². The van der Waals surface area contributed by atoms with E-state index < -0.39 is 0 Å². The van der Waals surface area contributed by atoms with Gasteiger partial charge in [0.1, 0.15) is 0 Å². The molecule has 0 fully saturated rings. The Labute approximate surface area is 42.2 Å². The summed E-state index contributed by atoms with van der Waals surface area (Å²) in [4.78, 5) is 3.69. The molecule has 1 nitrogen and oxygen atoms in total. The third-order valence-electron chi connectivity index (χ3n) is 0.262. The summed E-state index contributed by atoms with van der Waals surface area (Å²) < 4.78 is 0. The van der Waals surface area contributed by atoms with Crippen molar-refractivity contribution in [3.63, 3.8) is 0 Å². The van der Waals surface area contributed by atoms with Gasteiger partial charge in [0.2, 0.25) is 0 Å². The minimum absolute atomic E-state index is 1.48. The molecular formula is C4H7NS. The molecule has 0 aliphatic rings. The van der Waals surface area contributed by atoms with Gasteiger partial charge in [-0.2, -0.15) is 0 Å². The molecule has 0 saturated heterocycles. The molecule has 0 aromatic carbocycles. The Morgan fingerprint density at radius 1 is 1.83 bits per heavy atom. The minimum Gasteiger partial charge on any atom is -0.289 e. The van der Waals surface area contributed by atoms with Crippen molar-refractivity contribution in [3.05, 3.63) is 12.0 Å². The van der Waals surface area contributed by atoms with E-state index >= 15 is 0 Å². The molecular weight excluding hydrogens is 94.1 g/mol. The summed E-state index contributed by atoms with van der Waals surface area (Å²) in [7, 11) is 1.73. The highest BCUT2D eigenvalue weighted by Gasteiger charge is 1.58.